The van der Waals surface area contributed by atoms with E-state index in [1.165, 1.54) is 17.2 Å². The monoisotopic (exact) mass is 322 g/mol. The highest BCUT2D eigenvalue weighted by Gasteiger charge is 2.36. The second-order valence-corrected chi connectivity index (χ2v) is 6.59. The van der Waals surface area contributed by atoms with Crippen LogP contribution in [-0.4, -0.2) is 45.0 Å². The first-order chi connectivity index (χ1) is 10.7. The van der Waals surface area contributed by atoms with Crippen molar-refractivity contribution in [2.24, 2.45) is 0 Å². The smallest absolute Gasteiger partial charge is 0.340 e. The lowest BCUT2D eigenvalue weighted by atomic mass is 10.0. The molecule has 2 N–H and O–H groups in total. The van der Waals surface area contributed by atoms with Gasteiger partial charge >= 0.3 is 11.9 Å². The number of carbonyl (C=O) groups excluding carboxylic acids is 2. The molecular weight excluding hydrogens is 300 g/mol. The molecule has 1 aromatic rings. The minimum absolute atomic E-state index is 0.144. The number of aliphatic carboxylic acids is 1. The van der Waals surface area contributed by atoms with Gasteiger partial charge in [0.15, 0.2) is 6.04 Å². The van der Waals surface area contributed by atoms with Crippen LogP contribution in [-0.2, 0) is 14.3 Å². The van der Waals surface area contributed by atoms with Gasteiger partial charge in [-0.05, 0) is 39.7 Å². The summed E-state index contributed by atoms with van der Waals surface area (Å²) in [5.41, 5.74) is -0.363. The number of aromatic amines is 1. The van der Waals surface area contributed by atoms with Gasteiger partial charge in [0.25, 0.3) is 0 Å². The van der Waals surface area contributed by atoms with Crippen LogP contribution in [0.5, 0.6) is 0 Å². The van der Waals surface area contributed by atoms with Crippen LogP contribution in [0.4, 0.5) is 0 Å². The van der Waals surface area contributed by atoms with Crippen LogP contribution >= 0.6 is 0 Å². The quantitative estimate of drug-likeness (QED) is 0.827. The summed E-state index contributed by atoms with van der Waals surface area (Å²) in [5, 5.41) is 9.59. The van der Waals surface area contributed by atoms with Crippen molar-refractivity contribution in [2.45, 2.75) is 51.7 Å². The van der Waals surface area contributed by atoms with Crippen LogP contribution in [0.2, 0.25) is 0 Å². The number of amides is 1. The third-order valence-corrected chi connectivity index (χ3v) is 3.58. The molecule has 126 valence electrons. The summed E-state index contributed by atoms with van der Waals surface area (Å²) in [7, 11) is 0. The maximum Gasteiger partial charge on any atom is 0.340 e. The van der Waals surface area contributed by atoms with E-state index in [2.05, 4.69) is 4.98 Å². The van der Waals surface area contributed by atoms with Crippen LogP contribution in [0.15, 0.2) is 12.3 Å². The molecule has 0 spiro atoms. The number of ether oxygens (including phenoxy) is 1. The Morgan fingerprint density at radius 2 is 2.04 bits per heavy atom. The van der Waals surface area contributed by atoms with Crippen LogP contribution in [0.25, 0.3) is 0 Å². The Labute approximate surface area is 134 Å². The number of carboxylic acid groups (broad SMARTS) is 1. The molecule has 0 bridgehead atoms. The number of H-pyrrole nitrogens is 1. The highest BCUT2D eigenvalue weighted by Crippen LogP contribution is 2.28. The molecule has 1 aliphatic rings. The largest absolute Gasteiger partial charge is 0.479 e. The third-order valence-electron chi connectivity index (χ3n) is 3.58. The summed E-state index contributed by atoms with van der Waals surface area (Å²) in [5.74, 6) is -2.00. The number of hydrogen-bond acceptors (Lipinski definition) is 4. The maximum absolute atomic E-state index is 12.3. The fraction of sp³-hybridized carbons (Fsp3) is 0.562. The topological polar surface area (TPSA) is 99.7 Å². The van der Waals surface area contributed by atoms with Gasteiger partial charge in [0.2, 0.25) is 5.91 Å². The molecule has 1 atom stereocenters. The van der Waals surface area contributed by atoms with Crippen LogP contribution < -0.4 is 0 Å². The lowest BCUT2D eigenvalue weighted by Gasteiger charge is -2.32. The van der Waals surface area contributed by atoms with Crippen LogP contribution in [0, 0.1) is 0 Å². The van der Waals surface area contributed by atoms with Crippen molar-refractivity contribution in [1.29, 1.82) is 0 Å². The van der Waals surface area contributed by atoms with E-state index in [1.54, 1.807) is 20.8 Å². The first kappa shape index (κ1) is 17.1. The molecule has 0 aliphatic carbocycles. The SMILES string of the molecule is CC(C)(C)OC(=O)c1cc[nH]c1C(C(=O)O)N1CCCCC1=O. The molecule has 2 heterocycles. The predicted molar refractivity (Wildman–Crippen MR) is 81.9 cm³/mol. The maximum atomic E-state index is 12.3. The van der Waals surface area contributed by atoms with Gasteiger partial charge in [-0.25, -0.2) is 9.59 Å². The number of carboxylic acids is 1. The highest BCUT2D eigenvalue weighted by atomic mass is 16.6. The summed E-state index contributed by atoms with van der Waals surface area (Å²) in [6, 6.07) is 0.272. The second-order valence-electron chi connectivity index (χ2n) is 6.59. The number of nitrogens with one attached hydrogen (secondary N) is 1. The average Bonchev–Trinajstić information content (AvgIpc) is 2.88. The number of rotatable bonds is 4. The minimum Gasteiger partial charge on any atom is -0.479 e. The molecule has 1 fully saturated rings. The fourth-order valence-electron chi connectivity index (χ4n) is 2.63. The standard InChI is InChI=1S/C16H22N2O5/c1-16(2,3)23-15(22)10-7-8-17-12(10)13(14(20)21)18-9-5-4-6-11(18)19/h7-8,13,17H,4-6,9H2,1-3H3,(H,20,21). The van der Waals surface area contributed by atoms with Crippen molar-refractivity contribution in [1.82, 2.24) is 9.88 Å². The van der Waals surface area contributed by atoms with Gasteiger partial charge in [-0.2, -0.15) is 0 Å². The zero-order chi connectivity index (χ0) is 17.2. The van der Waals surface area contributed by atoms with Gasteiger partial charge in [0.05, 0.1) is 11.3 Å². The molecule has 23 heavy (non-hydrogen) atoms. The number of hydrogen-bond donors (Lipinski definition) is 2. The van der Waals surface area contributed by atoms with Gasteiger partial charge in [-0.3, -0.25) is 4.79 Å². The number of piperidine rings is 1. The Kier molecular flexibility index (Phi) is 4.77. The first-order valence-electron chi connectivity index (χ1n) is 7.63. The normalized spacial score (nSPS) is 17.0. The lowest BCUT2D eigenvalue weighted by molar-refractivity contribution is -0.152. The van der Waals surface area contributed by atoms with E-state index in [0.717, 1.165) is 12.8 Å². The summed E-state index contributed by atoms with van der Waals surface area (Å²) in [4.78, 5) is 40.2. The summed E-state index contributed by atoms with van der Waals surface area (Å²) >= 11 is 0. The molecule has 0 saturated carbocycles. The first-order valence-corrected chi connectivity index (χ1v) is 7.63. The van der Waals surface area contributed by atoms with E-state index >= 15 is 0 Å². The molecule has 0 radical (unpaired) electrons. The molecule has 7 heteroatoms. The molecule has 1 saturated heterocycles. The minimum atomic E-state index is -1.21. The summed E-state index contributed by atoms with van der Waals surface area (Å²) in [6.45, 7) is 5.57. The van der Waals surface area contributed by atoms with E-state index in [1.807, 2.05) is 0 Å². The molecule has 2 rings (SSSR count). The molecule has 7 nitrogen and oxygen atoms in total. The van der Waals surface area contributed by atoms with Crippen molar-refractivity contribution in [2.75, 3.05) is 6.54 Å². The third kappa shape index (κ3) is 3.91. The number of esters is 1. The van der Waals surface area contributed by atoms with Crippen LogP contribution in [0.1, 0.15) is 62.1 Å². The average molecular weight is 322 g/mol. The van der Waals surface area contributed by atoms with Crippen molar-refractivity contribution >= 4 is 17.8 Å². The predicted octanol–water partition coefficient (Wildman–Crippen LogP) is 2.11. The van der Waals surface area contributed by atoms with E-state index in [4.69, 9.17) is 4.74 Å². The Morgan fingerprint density at radius 1 is 1.35 bits per heavy atom. The van der Waals surface area contributed by atoms with Gasteiger partial charge < -0.3 is 19.7 Å². The zero-order valence-electron chi connectivity index (χ0n) is 13.6. The highest BCUT2D eigenvalue weighted by molar-refractivity contribution is 5.94. The van der Waals surface area contributed by atoms with Crippen molar-refractivity contribution in [3.8, 4) is 0 Å². The Balaban J connectivity index is 2.34. The number of likely N-dealkylation sites (tertiary alicyclic amines) is 1. The Morgan fingerprint density at radius 3 is 2.61 bits per heavy atom. The fourth-order valence-corrected chi connectivity index (χ4v) is 2.63. The summed E-state index contributed by atoms with van der Waals surface area (Å²) in [6.07, 6.45) is 3.31. The van der Waals surface area contributed by atoms with E-state index in [0.29, 0.717) is 13.0 Å². The van der Waals surface area contributed by atoms with E-state index in [9.17, 15) is 19.5 Å². The lowest BCUT2D eigenvalue weighted by Crippen LogP contribution is -2.42. The number of carbonyl (C=O) groups is 3. The molecule has 1 unspecified atom stereocenters. The zero-order valence-corrected chi connectivity index (χ0v) is 13.6. The van der Waals surface area contributed by atoms with Gasteiger partial charge in [0.1, 0.15) is 5.60 Å². The second kappa shape index (κ2) is 6.44. The Bertz CT molecular complexity index is 614. The molecule has 0 aromatic carbocycles. The molecule has 1 amide bonds. The number of aromatic nitrogens is 1. The molecular formula is C16H22N2O5. The van der Waals surface area contributed by atoms with Crippen molar-refractivity contribution < 1.29 is 24.2 Å². The van der Waals surface area contributed by atoms with Crippen LogP contribution in [0.3, 0.4) is 0 Å². The number of nitrogens with zero attached hydrogens (tertiary/aromatic N) is 1. The molecule has 1 aromatic heterocycles. The van der Waals surface area contributed by atoms with Gasteiger partial charge in [-0.1, -0.05) is 0 Å². The summed E-state index contributed by atoms with van der Waals surface area (Å²) < 4.78 is 5.31. The van der Waals surface area contributed by atoms with Crippen molar-refractivity contribution in [3.63, 3.8) is 0 Å². The Hall–Kier alpha value is -2.31. The van der Waals surface area contributed by atoms with Crippen molar-refractivity contribution in [3.05, 3.63) is 23.5 Å². The van der Waals surface area contributed by atoms with E-state index in [-0.39, 0.29) is 17.2 Å². The van der Waals surface area contributed by atoms with Gasteiger partial charge in [-0.15, -0.1) is 0 Å². The van der Waals surface area contributed by atoms with Gasteiger partial charge in [0, 0.05) is 19.2 Å². The van der Waals surface area contributed by atoms with E-state index < -0.39 is 23.6 Å². The molecule has 1 aliphatic heterocycles.